The van der Waals surface area contributed by atoms with E-state index in [0.717, 1.165) is 4.31 Å². The van der Waals surface area contributed by atoms with Gasteiger partial charge in [0.2, 0.25) is 10.0 Å². The van der Waals surface area contributed by atoms with Crippen molar-refractivity contribution < 1.29 is 23.1 Å². The standard InChI is InChI=1S/C14H19NO5S/c1-3-14(13(16)17)8-5-9-15(14)21(18,19)12-7-4-6-11(10-12)20-2/h4,6-7,10H,3,5,8-9H2,1-2H3,(H,16,17). The Morgan fingerprint density at radius 2 is 2.19 bits per heavy atom. The van der Waals surface area contributed by atoms with Crippen LogP contribution in [0.3, 0.4) is 0 Å². The molecule has 0 aromatic heterocycles. The molecule has 1 aromatic rings. The van der Waals surface area contributed by atoms with Crippen LogP contribution >= 0.6 is 0 Å². The minimum absolute atomic E-state index is 0.0582. The van der Waals surface area contributed by atoms with Crippen LogP contribution in [0.25, 0.3) is 0 Å². The Morgan fingerprint density at radius 1 is 1.48 bits per heavy atom. The largest absolute Gasteiger partial charge is 0.497 e. The predicted molar refractivity (Wildman–Crippen MR) is 76.8 cm³/mol. The molecule has 1 N–H and O–H groups in total. The monoisotopic (exact) mass is 313 g/mol. The van der Waals surface area contributed by atoms with E-state index in [1.54, 1.807) is 19.1 Å². The van der Waals surface area contributed by atoms with Crippen molar-refractivity contribution in [3.63, 3.8) is 0 Å². The summed E-state index contributed by atoms with van der Waals surface area (Å²) >= 11 is 0. The zero-order chi connectivity index (χ0) is 15.7. The van der Waals surface area contributed by atoms with E-state index in [1.165, 1.54) is 19.2 Å². The molecule has 0 saturated carbocycles. The number of hydrogen-bond donors (Lipinski definition) is 1. The molecule has 2 rings (SSSR count). The zero-order valence-electron chi connectivity index (χ0n) is 12.1. The quantitative estimate of drug-likeness (QED) is 0.894. The molecule has 0 bridgehead atoms. The highest BCUT2D eigenvalue weighted by molar-refractivity contribution is 7.89. The molecular weight excluding hydrogens is 294 g/mol. The van der Waals surface area contributed by atoms with Crippen LogP contribution in [0, 0.1) is 0 Å². The third kappa shape index (κ3) is 2.51. The molecule has 1 saturated heterocycles. The van der Waals surface area contributed by atoms with Gasteiger partial charge in [0.1, 0.15) is 11.3 Å². The topological polar surface area (TPSA) is 83.9 Å². The normalized spacial score (nSPS) is 23.1. The molecule has 1 heterocycles. The molecule has 1 aromatic carbocycles. The van der Waals surface area contributed by atoms with Gasteiger partial charge in [-0.2, -0.15) is 4.31 Å². The molecule has 0 aliphatic carbocycles. The van der Waals surface area contributed by atoms with E-state index in [2.05, 4.69) is 0 Å². The molecule has 6 nitrogen and oxygen atoms in total. The number of aliphatic carboxylic acids is 1. The fourth-order valence-electron chi connectivity index (χ4n) is 2.81. The van der Waals surface area contributed by atoms with Crippen LogP contribution in [0.4, 0.5) is 0 Å². The summed E-state index contributed by atoms with van der Waals surface area (Å²) in [7, 11) is -2.41. The van der Waals surface area contributed by atoms with E-state index in [9.17, 15) is 18.3 Å². The van der Waals surface area contributed by atoms with Crippen LogP contribution < -0.4 is 4.74 Å². The lowest BCUT2D eigenvalue weighted by Crippen LogP contribution is -2.52. The number of carbonyl (C=O) groups is 1. The van der Waals surface area contributed by atoms with Gasteiger partial charge in [-0.25, -0.2) is 8.42 Å². The maximum atomic E-state index is 12.8. The summed E-state index contributed by atoms with van der Waals surface area (Å²) in [6.07, 6.45) is 1.12. The SMILES string of the molecule is CCC1(C(=O)O)CCCN1S(=O)(=O)c1cccc(OC)c1. The van der Waals surface area contributed by atoms with Crippen molar-refractivity contribution in [3.05, 3.63) is 24.3 Å². The third-order valence-corrected chi connectivity index (χ3v) is 6.00. The summed E-state index contributed by atoms with van der Waals surface area (Å²) in [5, 5.41) is 9.51. The minimum Gasteiger partial charge on any atom is -0.497 e. The molecular formula is C14H19NO5S. The predicted octanol–water partition coefficient (Wildman–Crippen LogP) is 1.71. The van der Waals surface area contributed by atoms with Gasteiger partial charge >= 0.3 is 5.97 Å². The Balaban J connectivity index is 2.49. The van der Waals surface area contributed by atoms with Crippen LogP contribution in [0.5, 0.6) is 5.75 Å². The Labute approximate surface area is 124 Å². The Morgan fingerprint density at radius 3 is 2.76 bits per heavy atom. The van der Waals surface area contributed by atoms with E-state index in [4.69, 9.17) is 4.74 Å². The Hall–Kier alpha value is -1.60. The van der Waals surface area contributed by atoms with Gasteiger partial charge in [-0.1, -0.05) is 13.0 Å². The van der Waals surface area contributed by atoms with E-state index < -0.39 is 21.5 Å². The first-order valence-electron chi connectivity index (χ1n) is 6.79. The first-order valence-corrected chi connectivity index (χ1v) is 8.23. The van der Waals surface area contributed by atoms with Crippen LogP contribution in [-0.2, 0) is 14.8 Å². The van der Waals surface area contributed by atoms with Crippen LogP contribution in [0.1, 0.15) is 26.2 Å². The molecule has 1 aliphatic heterocycles. The van der Waals surface area contributed by atoms with E-state index >= 15 is 0 Å². The second kappa shape index (κ2) is 5.65. The number of hydrogen-bond acceptors (Lipinski definition) is 4. The number of nitrogens with zero attached hydrogens (tertiary/aromatic N) is 1. The third-order valence-electron chi connectivity index (χ3n) is 4.04. The van der Waals surface area contributed by atoms with Crippen LogP contribution in [-0.4, -0.2) is 43.0 Å². The molecule has 1 aliphatic rings. The molecule has 21 heavy (non-hydrogen) atoms. The minimum atomic E-state index is -3.86. The highest BCUT2D eigenvalue weighted by atomic mass is 32.2. The van der Waals surface area contributed by atoms with Gasteiger partial charge in [0, 0.05) is 12.6 Å². The van der Waals surface area contributed by atoms with E-state index in [1.807, 2.05) is 0 Å². The summed E-state index contributed by atoms with van der Waals surface area (Å²) < 4.78 is 31.7. The molecule has 1 fully saturated rings. The maximum absolute atomic E-state index is 12.8. The van der Waals surface area contributed by atoms with Crippen molar-refractivity contribution in [3.8, 4) is 5.75 Å². The smallest absolute Gasteiger partial charge is 0.325 e. The summed E-state index contributed by atoms with van der Waals surface area (Å²) in [6.45, 7) is 1.92. The average Bonchev–Trinajstić information content (AvgIpc) is 2.93. The number of ether oxygens (including phenoxy) is 1. The Kier molecular flexibility index (Phi) is 4.25. The van der Waals surface area contributed by atoms with E-state index in [-0.39, 0.29) is 17.9 Å². The summed E-state index contributed by atoms with van der Waals surface area (Å²) in [6, 6.07) is 6.10. The molecule has 0 amide bonds. The number of carboxylic acids is 1. The number of carboxylic acid groups (broad SMARTS) is 1. The highest BCUT2D eigenvalue weighted by Gasteiger charge is 2.52. The summed E-state index contributed by atoms with van der Waals surface area (Å²) in [4.78, 5) is 11.7. The zero-order valence-corrected chi connectivity index (χ0v) is 12.9. The van der Waals surface area contributed by atoms with Gasteiger partial charge in [0.15, 0.2) is 0 Å². The van der Waals surface area contributed by atoms with Crippen molar-refractivity contribution in [2.75, 3.05) is 13.7 Å². The highest BCUT2D eigenvalue weighted by Crippen LogP contribution is 2.37. The van der Waals surface area contributed by atoms with Crippen molar-refractivity contribution in [2.45, 2.75) is 36.6 Å². The second-order valence-electron chi connectivity index (χ2n) is 5.05. The lowest BCUT2D eigenvalue weighted by atomic mass is 9.95. The molecule has 0 radical (unpaired) electrons. The van der Waals surface area contributed by atoms with Crippen molar-refractivity contribution in [1.29, 1.82) is 0 Å². The van der Waals surface area contributed by atoms with Gasteiger partial charge in [0.25, 0.3) is 0 Å². The molecule has 1 atom stereocenters. The first-order chi connectivity index (χ1) is 9.88. The molecule has 0 spiro atoms. The van der Waals surface area contributed by atoms with Gasteiger partial charge in [-0.3, -0.25) is 4.79 Å². The van der Waals surface area contributed by atoms with Crippen molar-refractivity contribution in [2.24, 2.45) is 0 Å². The second-order valence-corrected chi connectivity index (χ2v) is 6.91. The van der Waals surface area contributed by atoms with Gasteiger partial charge < -0.3 is 9.84 Å². The number of benzene rings is 1. The number of methoxy groups -OCH3 is 1. The van der Waals surface area contributed by atoms with E-state index in [0.29, 0.717) is 18.6 Å². The summed E-state index contributed by atoms with van der Waals surface area (Å²) in [5.74, 6) is -0.665. The lowest BCUT2D eigenvalue weighted by Gasteiger charge is -2.32. The van der Waals surface area contributed by atoms with Crippen molar-refractivity contribution in [1.82, 2.24) is 4.31 Å². The van der Waals surface area contributed by atoms with Crippen LogP contribution in [0.15, 0.2) is 29.2 Å². The fourth-order valence-corrected chi connectivity index (χ4v) is 4.71. The average molecular weight is 313 g/mol. The van der Waals surface area contributed by atoms with Gasteiger partial charge in [0.05, 0.1) is 12.0 Å². The maximum Gasteiger partial charge on any atom is 0.325 e. The number of sulfonamides is 1. The fraction of sp³-hybridized carbons (Fsp3) is 0.500. The summed E-state index contributed by atoms with van der Waals surface area (Å²) in [5.41, 5.74) is -1.35. The van der Waals surface area contributed by atoms with Crippen molar-refractivity contribution >= 4 is 16.0 Å². The van der Waals surface area contributed by atoms with Gasteiger partial charge in [-0.15, -0.1) is 0 Å². The Bertz CT molecular complexity index is 643. The van der Waals surface area contributed by atoms with Crippen LogP contribution in [0.2, 0.25) is 0 Å². The number of rotatable bonds is 5. The first kappa shape index (κ1) is 15.8. The molecule has 1 unspecified atom stereocenters. The van der Waals surface area contributed by atoms with Gasteiger partial charge in [-0.05, 0) is 31.4 Å². The molecule has 116 valence electrons. The lowest BCUT2D eigenvalue weighted by molar-refractivity contribution is -0.147. The molecule has 7 heteroatoms.